The molecule has 0 saturated heterocycles. The van der Waals surface area contributed by atoms with Gasteiger partial charge in [0.05, 0.1) is 13.7 Å². The van der Waals surface area contributed by atoms with Crippen LogP contribution < -0.4 is 20.7 Å². The summed E-state index contributed by atoms with van der Waals surface area (Å²) >= 11 is 0. The minimum atomic E-state index is -0.125. The maximum Gasteiger partial charge on any atom is 0.251 e. The van der Waals surface area contributed by atoms with E-state index in [0.29, 0.717) is 30.9 Å². The van der Waals surface area contributed by atoms with Gasteiger partial charge < -0.3 is 20.7 Å². The van der Waals surface area contributed by atoms with Crippen molar-refractivity contribution in [2.75, 3.05) is 26.7 Å². The minimum Gasteiger partial charge on any atom is -0.497 e. The van der Waals surface area contributed by atoms with E-state index in [0.717, 1.165) is 18.9 Å². The van der Waals surface area contributed by atoms with Crippen molar-refractivity contribution in [2.24, 2.45) is 4.99 Å². The van der Waals surface area contributed by atoms with Crippen LogP contribution in [0.1, 0.15) is 35.3 Å². The molecule has 0 aromatic heterocycles. The fraction of sp³-hybridized carbons (Fsp3) is 0.364. The van der Waals surface area contributed by atoms with Crippen molar-refractivity contribution in [2.45, 2.75) is 26.8 Å². The molecular formula is C22H31IN4O2. The Labute approximate surface area is 190 Å². The number of amides is 1. The van der Waals surface area contributed by atoms with Crippen LogP contribution in [0.2, 0.25) is 0 Å². The highest BCUT2D eigenvalue weighted by molar-refractivity contribution is 14.0. The lowest BCUT2D eigenvalue weighted by Crippen LogP contribution is -2.41. The van der Waals surface area contributed by atoms with Crippen LogP contribution in [-0.4, -0.2) is 38.6 Å². The molecule has 2 aromatic rings. The highest BCUT2D eigenvalue weighted by Crippen LogP contribution is 2.12. The Bertz CT molecular complexity index is 796. The minimum absolute atomic E-state index is 0. The van der Waals surface area contributed by atoms with Crippen LogP contribution in [0.25, 0.3) is 0 Å². The van der Waals surface area contributed by atoms with Crippen molar-refractivity contribution in [3.05, 3.63) is 65.2 Å². The average molecular weight is 510 g/mol. The number of aryl methyl sites for hydroxylation is 1. The van der Waals surface area contributed by atoms with Crippen LogP contribution in [0.5, 0.6) is 5.75 Å². The first-order chi connectivity index (χ1) is 13.7. The number of hydrogen-bond acceptors (Lipinski definition) is 3. The molecule has 3 N–H and O–H groups in total. The van der Waals surface area contributed by atoms with Crippen molar-refractivity contribution < 1.29 is 9.53 Å². The van der Waals surface area contributed by atoms with Gasteiger partial charge in [0.25, 0.3) is 5.91 Å². The zero-order valence-corrected chi connectivity index (χ0v) is 19.7. The van der Waals surface area contributed by atoms with Gasteiger partial charge >= 0.3 is 0 Å². The van der Waals surface area contributed by atoms with Crippen molar-refractivity contribution in [1.82, 2.24) is 16.0 Å². The Balaban J connectivity index is 0.00000420. The SMILES string of the molecule is CCNC(=NCc1ccccc1CC)NCCNC(=O)c1cccc(OC)c1.I. The van der Waals surface area contributed by atoms with Gasteiger partial charge in [-0.3, -0.25) is 4.79 Å². The molecule has 2 rings (SSSR count). The number of rotatable bonds is 9. The summed E-state index contributed by atoms with van der Waals surface area (Å²) in [7, 11) is 1.58. The van der Waals surface area contributed by atoms with E-state index in [9.17, 15) is 4.79 Å². The second-order valence-corrected chi connectivity index (χ2v) is 6.23. The number of ether oxygens (including phenoxy) is 1. The van der Waals surface area contributed by atoms with E-state index in [4.69, 9.17) is 4.74 Å². The molecule has 0 heterocycles. The first kappa shape index (κ1) is 24.7. The summed E-state index contributed by atoms with van der Waals surface area (Å²) in [5.74, 6) is 1.28. The van der Waals surface area contributed by atoms with Gasteiger partial charge in [0, 0.05) is 25.2 Å². The summed E-state index contributed by atoms with van der Waals surface area (Å²) in [5.41, 5.74) is 3.12. The van der Waals surface area contributed by atoms with Gasteiger partial charge in [-0.2, -0.15) is 0 Å². The lowest BCUT2D eigenvalue weighted by Gasteiger charge is -2.13. The first-order valence-electron chi connectivity index (χ1n) is 9.69. The maximum atomic E-state index is 12.2. The van der Waals surface area contributed by atoms with Crippen molar-refractivity contribution in [3.8, 4) is 5.75 Å². The number of benzene rings is 2. The van der Waals surface area contributed by atoms with Crippen molar-refractivity contribution >= 4 is 35.8 Å². The fourth-order valence-corrected chi connectivity index (χ4v) is 2.79. The molecule has 0 aliphatic rings. The third-order valence-electron chi connectivity index (χ3n) is 4.29. The number of guanidine groups is 1. The Morgan fingerprint density at radius 1 is 0.966 bits per heavy atom. The molecule has 29 heavy (non-hydrogen) atoms. The number of carbonyl (C=O) groups excluding carboxylic acids is 1. The number of hydrogen-bond donors (Lipinski definition) is 3. The second-order valence-electron chi connectivity index (χ2n) is 6.23. The van der Waals surface area contributed by atoms with E-state index >= 15 is 0 Å². The Morgan fingerprint density at radius 2 is 1.69 bits per heavy atom. The van der Waals surface area contributed by atoms with Crippen LogP contribution in [-0.2, 0) is 13.0 Å². The van der Waals surface area contributed by atoms with E-state index in [-0.39, 0.29) is 29.9 Å². The van der Waals surface area contributed by atoms with E-state index < -0.39 is 0 Å². The number of nitrogens with zero attached hydrogens (tertiary/aromatic N) is 1. The smallest absolute Gasteiger partial charge is 0.251 e. The van der Waals surface area contributed by atoms with Gasteiger partial charge in [0.15, 0.2) is 5.96 Å². The number of halogens is 1. The highest BCUT2D eigenvalue weighted by atomic mass is 127. The predicted octanol–water partition coefficient (Wildman–Crippen LogP) is 3.36. The quantitative estimate of drug-likeness (QED) is 0.209. The molecule has 158 valence electrons. The molecule has 0 bridgehead atoms. The van der Waals surface area contributed by atoms with E-state index in [2.05, 4.69) is 46.1 Å². The Hall–Kier alpha value is -2.29. The monoisotopic (exact) mass is 510 g/mol. The zero-order valence-electron chi connectivity index (χ0n) is 17.3. The zero-order chi connectivity index (χ0) is 20.2. The number of carbonyl (C=O) groups is 1. The summed E-state index contributed by atoms with van der Waals surface area (Å²) in [6.45, 7) is 6.65. The molecule has 0 aliphatic heterocycles. The average Bonchev–Trinajstić information content (AvgIpc) is 2.74. The summed E-state index contributed by atoms with van der Waals surface area (Å²) in [6.07, 6.45) is 0.992. The molecule has 0 aliphatic carbocycles. The van der Waals surface area contributed by atoms with Crippen LogP contribution in [0.4, 0.5) is 0 Å². The lowest BCUT2D eigenvalue weighted by molar-refractivity contribution is 0.0954. The molecule has 6 nitrogen and oxygen atoms in total. The predicted molar refractivity (Wildman–Crippen MR) is 129 cm³/mol. The summed E-state index contributed by atoms with van der Waals surface area (Å²) in [5, 5.41) is 9.39. The molecule has 2 aromatic carbocycles. The van der Waals surface area contributed by atoms with Gasteiger partial charge in [0.2, 0.25) is 0 Å². The van der Waals surface area contributed by atoms with Gasteiger partial charge in [-0.25, -0.2) is 4.99 Å². The summed E-state index contributed by atoms with van der Waals surface area (Å²) in [4.78, 5) is 16.9. The molecule has 0 fully saturated rings. The first-order valence-corrected chi connectivity index (χ1v) is 9.69. The van der Waals surface area contributed by atoms with E-state index in [1.165, 1.54) is 11.1 Å². The Morgan fingerprint density at radius 3 is 2.38 bits per heavy atom. The van der Waals surface area contributed by atoms with E-state index in [1.54, 1.807) is 25.3 Å². The number of aliphatic imine (C=N–C) groups is 1. The second kappa shape index (κ2) is 13.8. The molecule has 0 saturated carbocycles. The topological polar surface area (TPSA) is 74.8 Å². The van der Waals surface area contributed by atoms with Crippen LogP contribution in [0.15, 0.2) is 53.5 Å². The Kier molecular flexibility index (Phi) is 11.8. The molecule has 0 radical (unpaired) electrons. The molecule has 0 spiro atoms. The molecule has 1 amide bonds. The number of methoxy groups -OCH3 is 1. The van der Waals surface area contributed by atoms with Crippen molar-refractivity contribution in [1.29, 1.82) is 0 Å². The molecule has 0 atom stereocenters. The van der Waals surface area contributed by atoms with Crippen LogP contribution in [0.3, 0.4) is 0 Å². The van der Waals surface area contributed by atoms with Crippen LogP contribution >= 0.6 is 24.0 Å². The van der Waals surface area contributed by atoms with Crippen LogP contribution in [0, 0.1) is 0 Å². The van der Waals surface area contributed by atoms with Gasteiger partial charge in [0.1, 0.15) is 5.75 Å². The van der Waals surface area contributed by atoms with E-state index in [1.807, 2.05) is 19.1 Å². The fourth-order valence-electron chi connectivity index (χ4n) is 2.79. The molecule has 7 heteroatoms. The summed E-state index contributed by atoms with van der Waals surface area (Å²) < 4.78 is 5.15. The van der Waals surface area contributed by atoms with Crippen molar-refractivity contribution in [3.63, 3.8) is 0 Å². The number of nitrogens with one attached hydrogen (secondary N) is 3. The third-order valence-corrected chi connectivity index (χ3v) is 4.29. The molecule has 0 unspecified atom stereocenters. The standard InChI is InChI=1S/C22H30N4O2.HI/c1-4-17-9-6-7-10-19(17)16-26-22(23-5-2)25-14-13-24-21(27)18-11-8-12-20(15-18)28-3;/h6-12,15H,4-5,13-14,16H2,1-3H3,(H,24,27)(H2,23,25,26);1H. The largest absolute Gasteiger partial charge is 0.497 e. The lowest BCUT2D eigenvalue weighted by atomic mass is 10.1. The highest BCUT2D eigenvalue weighted by Gasteiger charge is 2.06. The van der Waals surface area contributed by atoms with Gasteiger partial charge in [-0.15, -0.1) is 24.0 Å². The van der Waals surface area contributed by atoms with Gasteiger partial charge in [-0.05, 0) is 42.7 Å². The van der Waals surface area contributed by atoms with Gasteiger partial charge in [-0.1, -0.05) is 37.3 Å². The summed E-state index contributed by atoms with van der Waals surface area (Å²) in [6, 6.07) is 15.4. The molecular weight excluding hydrogens is 479 g/mol. The third kappa shape index (κ3) is 8.31. The maximum absolute atomic E-state index is 12.2. The normalized spacial score (nSPS) is 10.7.